The predicted octanol–water partition coefficient (Wildman–Crippen LogP) is 2.39. The van der Waals surface area contributed by atoms with Crippen LogP contribution in [-0.4, -0.2) is 16.5 Å². The zero-order valence-corrected chi connectivity index (χ0v) is 6.67. The van der Waals surface area contributed by atoms with Crippen molar-refractivity contribution >= 4 is 17.8 Å². The summed E-state index contributed by atoms with van der Waals surface area (Å²) in [6, 6.07) is 0. The molecule has 0 aromatic carbocycles. The van der Waals surface area contributed by atoms with Crippen LogP contribution in [0, 0.1) is 5.92 Å². The van der Waals surface area contributed by atoms with Crippen LogP contribution in [-0.2, 0) is 0 Å². The molecule has 0 bridgehead atoms. The molecule has 0 amide bonds. The van der Waals surface area contributed by atoms with E-state index in [0.717, 1.165) is 24.4 Å². The lowest BCUT2D eigenvalue weighted by Gasteiger charge is -2.21. The molecule has 0 aromatic rings. The first-order chi connectivity index (χ1) is 5.56. The molecule has 0 fully saturated rings. The molecule has 2 nitrogen and oxygen atoms in total. The largest absolute Gasteiger partial charge is 0.411 e. The Morgan fingerprint density at radius 1 is 1.75 bits per heavy atom. The Labute approximate surface area is 72.8 Å². The summed E-state index contributed by atoms with van der Waals surface area (Å²) in [7, 11) is 0. The molecule has 0 aliphatic heterocycles. The Balaban J connectivity index is 2.90. The number of rotatable bonds is 1. The van der Waals surface area contributed by atoms with Crippen LogP contribution in [0.2, 0.25) is 0 Å². The summed E-state index contributed by atoms with van der Waals surface area (Å²) in [5.74, 6) is -1.68. The van der Waals surface area contributed by atoms with Gasteiger partial charge in [-0.15, -0.1) is 5.16 Å². The van der Waals surface area contributed by atoms with Gasteiger partial charge in [0.2, 0.25) is 5.13 Å². The number of allylic oxidation sites excluding steroid dienone is 4. The first-order valence-corrected chi connectivity index (χ1v) is 3.56. The molecule has 1 aliphatic carbocycles. The van der Waals surface area contributed by atoms with E-state index < -0.39 is 16.9 Å². The normalized spacial score (nSPS) is 35.6. The van der Waals surface area contributed by atoms with Gasteiger partial charge in [0, 0.05) is 0 Å². The van der Waals surface area contributed by atoms with Crippen molar-refractivity contribution in [3.05, 3.63) is 24.1 Å². The number of alkyl halides is 2. The maximum absolute atomic E-state index is 13.2. The smallest absolute Gasteiger partial charge is 0.213 e. The van der Waals surface area contributed by atoms with E-state index in [4.69, 9.17) is 16.8 Å². The molecule has 0 saturated heterocycles. The van der Waals surface area contributed by atoms with Crippen molar-refractivity contribution in [3.8, 4) is 0 Å². The van der Waals surface area contributed by atoms with E-state index in [-0.39, 0.29) is 0 Å². The van der Waals surface area contributed by atoms with Crippen LogP contribution in [0.25, 0.3) is 0 Å². The van der Waals surface area contributed by atoms with Crippen LogP contribution in [0.3, 0.4) is 0 Å². The highest BCUT2D eigenvalue weighted by Crippen LogP contribution is 2.33. The molecule has 1 aliphatic rings. The summed E-state index contributed by atoms with van der Waals surface area (Å²) in [5, 5.41) is 8.49. The van der Waals surface area contributed by atoms with Crippen molar-refractivity contribution in [3.63, 3.8) is 0 Å². The maximum Gasteiger partial charge on any atom is 0.213 e. The number of oxime groups is 1. The van der Waals surface area contributed by atoms with E-state index in [1.807, 2.05) is 0 Å². The Morgan fingerprint density at radius 2 is 2.42 bits per heavy atom. The van der Waals surface area contributed by atoms with E-state index in [2.05, 4.69) is 5.16 Å². The van der Waals surface area contributed by atoms with Crippen molar-refractivity contribution in [2.75, 3.05) is 0 Å². The second kappa shape index (κ2) is 3.23. The van der Waals surface area contributed by atoms with Gasteiger partial charge in [-0.1, -0.05) is 11.6 Å². The molecular formula is C7H6ClF2NO. The predicted molar refractivity (Wildman–Crippen MR) is 41.8 cm³/mol. The van der Waals surface area contributed by atoms with Crippen molar-refractivity contribution in [2.45, 2.75) is 5.13 Å². The number of halogens is 3. The monoisotopic (exact) mass is 193 g/mol. The van der Waals surface area contributed by atoms with Gasteiger partial charge in [-0.3, -0.25) is 0 Å². The molecule has 1 rings (SSSR count). The van der Waals surface area contributed by atoms with Gasteiger partial charge in [-0.2, -0.15) is 0 Å². The zero-order valence-electron chi connectivity index (χ0n) is 5.92. The van der Waals surface area contributed by atoms with Crippen molar-refractivity contribution in [2.24, 2.45) is 11.1 Å². The lowest BCUT2D eigenvalue weighted by molar-refractivity contribution is 0.291. The van der Waals surface area contributed by atoms with Crippen molar-refractivity contribution in [1.29, 1.82) is 0 Å². The van der Waals surface area contributed by atoms with Crippen LogP contribution in [0.15, 0.2) is 29.2 Å². The van der Waals surface area contributed by atoms with Gasteiger partial charge < -0.3 is 5.21 Å². The van der Waals surface area contributed by atoms with E-state index in [1.54, 1.807) is 0 Å². The van der Waals surface area contributed by atoms with E-state index in [0.29, 0.717) is 0 Å². The summed E-state index contributed by atoms with van der Waals surface area (Å²) >= 11 is 5.32. The van der Waals surface area contributed by atoms with Gasteiger partial charge in [0.05, 0.1) is 12.1 Å². The Kier molecular flexibility index (Phi) is 2.47. The minimum absolute atomic E-state index is 0.603. The van der Waals surface area contributed by atoms with E-state index in [9.17, 15) is 8.78 Å². The molecule has 0 saturated carbocycles. The van der Waals surface area contributed by atoms with Crippen LogP contribution in [0.1, 0.15) is 0 Å². The van der Waals surface area contributed by atoms with Gasteiger partial charge in [-0.25, -0.2) is 8.78 Å². The Hall–Kier alpha value is -0.900. The van der Waals surface area contributed by atoms with E-state index >= 15 is 0 Å². The highest BCUT2D eigenvalue weighted by atomic mass is 35.5. The summed E-state index contributed by atoms with van der Waals surface area (Å²) < 4.78 is 25.7. The van der Waals surface area contributed by atoms with Crippen LogP contribution in [0.4, 0.5) is 8.78 Å². The number of nitrogens with zero attached hydrogens (tertiary/aromatic N) is 1. The third kappa shape index (κ3) is 1.82. The lowest BCUT2D eigenvalue weighted by Crippen LogP contribution is -2.26. The summed E-state index contributed by atoms with van der Waals surface area (Å²) in [6.45, 7) is 0. The summed E-state index contributed by atoms with van der Waals surface area (Å²) in [6.07, 6.45) is 3.56. The van der Waals surface area contributed by atoms with Crippen molar-refractivity contribution in [1.82, 2.24) is 0 Å². The number of hydrogen-bond acceptors (Lipinski definition) is 2. The highest BCUT2D eigenvalue weighted by Gasteiger charge is 2.34. The average Bonchev–Trinajstić information content (AvgIpc) is 1.98. The fraction of sp³-hybridized carbons (Fsp3) is 0.286. The minimum atomic E-state index is -2.21. The average molecular weight is 194 g/mol. The minimum Gasteiger partial charge on any atom is -0.411 e. The van der Waals surface area contributed by atoms with Crippen LogP contribution in [0.5, 0.6) is 0 Å². The highest BCUT2D eigenvalue weighted by molar-refractivity contribution is 6.25. The standard InChI is InChI=1S/C7H6ClF2NO/c8-7(10)2-1-6(9)3-5(7)4-11-12/h1-5,12H/t5-,7+/m1/s1. The lowest BCUT2D eigenvalue weighted by atomic mass is 9.99. The SMILES string of the molecule is ON=C[C@H]1C=C(F)C=C[C@@]1(F)Cl. The Morgan fingerprint density at radius 3 is 3.00 bits per heavy atom. The first-order valence-electron chi connectivity index (χ1n) is 3.18. The molecule has 12 heavy (non-hydrogen) atoms. The first kappa shape index (κ1) is 9.19. The zero-order chi connectivity index (χ0) is 9.19. The van der Waals surface area contributed by atoms with Gasteiger partial charge in [-0.05, 0) is 18.2 Å². The molecule has 0 radical (unpaired) electrons. The second-order valence-corrected chi connectivity index (χ2v) is 2.93. The van der Waals surface area contributed by atoms with Gasteiger partial charge >= 0.3 is 0 Å². The fourth-order valence-corrected chi connectivity index (χ4v) is 1.04. The van der Waals surface area contributed by atoms with E-state index in [1.165, 1.54) is 0 Å². The molecule has 0 heterocycles. The molecule has 1 N–H and O–H groups in total. The molecular weight excluding hydrogens is 188 g/mol. The topological polar surface area (TPSA) is 32.6 Å². The molecule has 0 aromatic heterocycles. The van der Waals surface area contributed by atoms with Gasteiger partial charge in [0.1, 0.15) is 5.83 Å². The van der Waals surface area contributed by atoms with Crippen LogP contribution < -0.4 is 0 Å². The summed E-state index contributed by atoms with van der Waals surface area (Å²) in [4.78, 5) is 0. The molecule has 0 spiro atoms. The van der Waals surface area contributed by atoms with Gasteiger partial charge in [0.15, 0.2) is 0 Å². The van der Waals surface area contributed by atoms with Gasteiger partial charge in [0.25, 0.3) is 0 Å². The molecule has 2 atom stereocenters. The third-order valence-corrected chi connectivity index (χ3v) is 1.85. The third-order valence-electron chi connectivity index (χ3n) is 1.48. The molecule has 66 valence electrons. The fourth-order valence-electron chi connectivity index (χ4n) is 0.854. The molecule has 0 unspecified atom stereocenters. The second-order valence-electron chi connectivity index (χ2n) is 2.35. The number of hydrogen-bond donors (Lipinski definition) is 1. The van der Waals surface area contributed by atoms with Crippen LogP contribution >= 0.6 is 11.6 Å². The molecule has 5 heteroatoms. The summed E-state index contributed by atoms with van der Waals surface area (Å²) in [5.41, 5.74) is 0. The van der Waals surface area contributed by atoms with Crippen molar-refractivity contribution < 1.29 is 14.0 Å². The quantitative estimate of drug-likeness (QED) is 0.295. The Bertz CT molecular complexity index is 260. The maximum atomic E-state index is 13.2.